The monoisotopic (exact) mass is 323 g/mol. The number of nitrogens with zero attached hydrogens (tertiary/aromatic N) is 2. The van der Waals surface area contributed by atoms with E-state index in [-0.39, 0.29) is 17.4 Å². The number of para-hydroxylation sites is 1. The molecular formula is C11H10BrN5O2. The molecule has 0 aliphatic carbocycles. The first-order valence-electron chi connectivity index (χ1n) is 5.17. The van der Waals surface area contributed by atoms with E-state index in [0.29, 0.717) is 10.2 Å². The first-order valence-corrected chi connectivity index (χ1v) is 5.97. The lowest BCUT2D eigenvalue weighted by Crippen LogP contribution is -2.13. The van der Waals surface area contributed by atoms with E-state index in [1.54, 1.807) is 24.3 Å². The van der Waals surface area contributed by atoms with Gasteiger partial charge < -0.3 is 10.5 Å². The number of halogens is 1. The van der Waals surface area contributed by atoms with Gasteiger partial charge in [0, 0.05) is 0 Å². The van der Waals surface area contributed by atoms with Gasteiger partial charge in [0.15, 0.2) is 0 Å². The predicted molar refractivity (Wildman–Crippen MR) is 72.6 cm³/mol. The van der Waals surface area contributed by atoms with Crippen LogP contribution in [0.2, 0.25) is 0 Å². The molecule has 19 heavy (non-hydrogen) atoms. The first-order chi connectivity index (χ1) is 9.11. The standard InChI is InChI=1S/C11H10BrN5O2/c12-7-5-15-11(17-14)16-10(7)19-8-4-2-1-3-6(8)9(13)18/h1-5H,14H2,(H2,13,18)(H,15,16,17). The summed E-state index contributed by atoms with van der Waals surface area (Å²) in [4.78, 5) is 19.2. The Labute approximate surface area is 117 Å². The van der Waals surface area contributed by atoms with Crippen molar-refractivity contribution in [2.75, 3.05) is 5.43 Å². The van der Waals surface area contributed by atoms with Gasteiger partial charge in [-0.2, -0.15) is 4.98 Å². The quantitative estimate of drug-likeness (QED) is 0.578. The molecule has 5 N–H and O–H groups in total. The molecule has 0 saturated carbocycles. The van der Waals surface area contributed by atoms with Crippen molar-refractivity contribution in [3.63, 3.8) is 0 Å². The number of hydrogen-bond donors (Lipinski definition) is 3. The molecule has 1 amide bonds. The highest BCUT2D eigenvalue weighted by atomic mass is 79.9. The Morgan fingerprint density at radius 1 is 1.37 bits per heavy atom. The zero-order chi connectivity index (χ0) is 13.8. The molecule has 0 saturated heterocycles. The Kier molecular flexibility index (Phi) is 3.93. The van der Waals surface area contributed by atoms with Crippen LogP contribution in [0.4, 0.5) is 5.95 Å². The van der Waals surface area contributed by atoms with Crippen molar-refractivity contribution in [1.29, 1.82) is 0 Å². The number of nitrogen functional groups attached to an aromatic ring is 1. The SMILES string of the molecule is NNc1ncc(Br)c(Oc2ccccc2C(N)=O)n1. The summed E-state index contributed by atoms with van der Waals surface area (Å²) in [7, 11) is 0. The van der Waals surface area contributed by atoms with Gasteiger partial charge in [-0.15, -0.1) is 0 Å². The fraction of sp³-hybridized carbons (Fsp3) is 0. The third-order valence-corrected chi connectivity index (χ3v) is 2.74. The first kappa shape index (κ1) is 13.2. The highest BCUT2D eigenvalue weighted by Crippen LogP contribution is 2.29. The molecular weight excluding hydrogens is 314 g/mol. The van der Waals surface area contributed by atoms with Crippen molar-refractivity contribution in [3.8, 4) is 11.6 Å². The van der Waals surface area contributed by atoms with Gasteiger partial charge in [-0.05, 0) is 28.1 Å². The Hall–Kier alpha value is -2.19. The Bertz CT molecular complexity index is 620. The van der Waals surface area contributed by atoms with Crippen LogP contribution in [0.25, 0.3) is 0 Å². The van der Waals surface area contributed by atoms with E-state index in [2.05, 4.69) is 31.3 Å². The second kappa shape index (κ2) is 5.63. The molecule has 0 aliphatic rings. The van der Waals surface area contributed by atoms with Gasteiger partial charge in [-0.1, -0.05) is 12.1 Å². The van der Waals surface area contributed by atoms with Crippen molar-refractivity contribution in [2.24, 2.45) is 11.6 Å². The molecule has 7 nitrogen and oxygen atoms in total. The number of anilines is 1. The number of hydrazine groups is 1. The van der Waals surface area contributed by atoms with Gasteiger partial charge in [-0.25, -0.2) is 10.8 Å². The van der Waals surface area contributed by atoms with E-state index >= 15 is 0 Å². The Balaban J connectivity index is 2.38. The molecule has 98 valence electrons. The number of amides is 1. The van der Waals surface area contributed by atoms with Crippen molar-refractivity contribution < 1.29 is 9.53 Å². The smallest absolute Gasteiger partial charge is 0.252 e. The van der Waals surface area contributed by atoms with Crippen LogP contribution in [-0.2, 0) is 0 Å². The minimum Gasteiger partial charge on any atom is -0.437 e. The van der Waals surface area contributed by atoms with Gasteiger partial charge in [0.1, 0.15) is 5.75 Å². The van der Waals surface area contributed by atoms with Crippen molar-refractivity contribution in [2.45, 2.75) is 0 Å². The van der Waals surface area contributed by atoms with Gasteiger partial charge >= 0.3 is 0 Å². The van der Waals surface area contributed by atoms with Crippen molar-refractivity contribution in [1.82, 2.24) is 9.97 Å². The fourth-order valence-corrected chi connectivity index (χ4v) is 1.63. The minimum atomic E-state index is -0.585. The number of benzene rings is 1. The topological polar surface area (TPSA) is 116 Å². The lowest BCUT2D eigenvalue weighted by atomic mass is 10.2. The van der Waals surface area contributed by atoms with E-state index in [9.17, 15) is 4.79 Å². The van der Waals surface area contributed by atoms with E-state index in [1.165, 1.54) is 6.20 Å². The largest absolute Gasteiger partial charge is 0.437 e. The summed E-state index contributed by atoms with van der Waals surface area (Å²) in [6.07, 6.45) is 1.48. The van der Waals surface area contributed by atoms with Gasteiger partial charge in [-0.3, -0.25) is 10.2 Å². The molecule has 0 bridgehead atoms. The lowest BCUT2D eigenvalue weighted by molar-refractivity contribution is 0.0998. The molecule has 2 aromatic rings. The number of nitrogens with one attached hydrogen (secondary N) is 1. The highest BCUT2D eigenvalue weighted by molar-refractivity contribution is 9.10. The van der Waals surface area contributed by atoms with Crippen LogP contribution in [0.5, 0.6) is 11.6 Å². The average Bonchev–Trinajstić information content (AvgIpc) is 2.41. The Morgan fingerprint density at radius 3 is 2.79 bits per heavy atom. The van der Waals surface area contributed by atoms with Gasteiger partial charge in [0.2, 0.25) is 11.8 Å². The van der Waals surface area contributed by atoms with Crippen LogP contribution < -0.4 is 21.7 Å². The van der Waals surface area contributed by atoms with Gasteiger partial charge in [0.25, 0.3) is 5.91 Å². The number of carbonyl (C=O) groups excluding carboxylic acids is 1. The van der Waals surface area contributed by atoms with E-state index in [4.69, 9.17) is 16.3 Å². The minimum absolute atomic E-state index is 0.190. The van der Waals surface area contributed by atoms with Crippen LogP contribution in [-0.4, -0.2) is 15.9 Å². The molecule has 0 unspecified atom stereocenters. The predicted octanol–water partition coefficient (Wildman–Crippen LogP) is 1.42. The average molecular weight is 324 g/mol. The van der Waals surface area contributed by atoms with Crippen LogP contribution >= 0.6 is 15.9 Å². The molecule has 8 heteroatoms. The van der Waals surface area contributed by atoms with Crippen molar-refractivity contribution in [3.05, 3.63) is 40.5 Å². The maximum absolute atomic E-state index is 11.3. The second-order valence-electron chi connectivity index (χ2n) is 3.45. The van der Waals surface area contributed by atoms with E-state index in [0.717, 1.165) is 0 Å². The third kappa shape index (κ3) is 2.98. The molecule has 0 spiro atoms. The fourth-order valence-electron chi connectivity index (χ4n) is 1.36. The summed E-state index contributed by atoms with van der Waals surface area (Å²) in [5.74, 6) is 5.35. The van der Waals surface area contributed by atoms with Crippen LogP contribution in [0.3, 0.4) is 0 Å². The summed E-state index contributed by atoms with van der Waals surface area (Å²) in [5, 5.41) is 0. The van der Waals surface area contributed by atoms with Crippen LogP contribution in [0, 0.1) is 0 Å². The molecule has 0 fully saturated rings. The number of carbonyl (C=O) groups is 1. The van der Waals surface area contributed by atoms with Crippen LogP contribution in [0.1, 0.15) is 10.4 Å². The summed E-state index contributed by atoms with van der Waals surface area (Å²) >= 11 is 3.24. The summed E-state index contributed by atoms with van der Waals surface area (Å²) in [5.41, 5.74) is 7.83. The van der Waals surface area contributed by atoms with Crippen LogP contribution in [0.15, 0.2) is 34.9 Å². The number of hydrogen-bond acceptors (Lipinski definition) is 6. The summed E-state index contributed by atoms with van der Waals surface area (Å²) in [6.45, 7) is 0. The Morgan fingerprint density at radius 2 is 2.11 bits per heavy atom. The number of ether oxygens (including phenoxy) is 1. The second-order valence-corrected chi connectivity index (χ2v) is 4.31. The molecule has 1 aromatic heterocycles. The van der Waals surface area contributed by atoms with Crippen molar-refractivity contribution >= 4 is 27.8 Å². The zero-order valence-corrected chi connectivity index (χ0v) is 11.2. The molecule has 1 heterocycles. The molecule has 0 radical (unpaired) electrons. The lowest BCUT2D eigenvalue weighted by Gasteiger charge is -2.10. The number of rotatable bonds is 4. The highest BCUT2D eigenvalue weighted by Gasteiger charge is 2.12. The van der Waals surface area contributed by atoms with E-state index < -0.39 is 5.91 Å². The third-order valence-electron chi connectivity index (χ3n) is 2.20. The maximum Gasteiger partial charge on any atom is 0.252 e. The van der Waals surface area contributed by atoms with Gasteiger partial charge in [0.05, 0.1) is 16.2 Å². The number of primary amides is 1. The molecule has 2 rings (SSSR count). The summed E-state index contributed by atoms with van der Waals surface area (Å²) < 4.78 is 6.07. The maximum atomic E-state index is 11.3. The number of nitrogens with two attached hydrogens (primary N) is 2. The number of aromatic nitrogens is 2. The molecule has 0 aliphatic heterocycles. The molecule has 0 atom stereocenters. The zero-order valence-electron chi connectivity index (χ0n) is 9.63. The normalized spacial score (nSPS) is 10.0. The molecule has 1 aromatic carbocycles. The summed E-state index contributed by atoms with van der Waals surface area (Å²) in [6, 6.07) is 6.59. The van der Waals surface area contributed by atoms with E-state index in [1.807, 2.05) is 0 Å².